The van der Waals surface area contributed by atoms with Gasteiger partial charge in [-0.1, -0.05) is 6.07 Å². The molecule has 1 fully saturated rings. The quantitative estimate of drug-likeness (QED) is 0.238. The van der Waals surface area contributed by atoms with Gasteiger partial charge in [0, 0.05) is 30.1 Å². The molecule has 2 heterocycles. The summed E-state index contributed by atoms with van der Waals surface area (Å²) in [5, 5.41) is 11.5. The van der Waals surface area contributed by atoms with Gasteiger partial charge in [-0.15, -0.1) is 12.4 Å². The zero-order valence-electron chi connectivity index (χ0n) is 21.9. The minimum Gasteiger partial charge on any atom is -0.507 e. The van der Waals surface area contributed by atoms with E-state index in [4.69, 9.17) is 14.2 Å². The number of carbonyl (C=O) groups is 2. The molecule has 1 aromatic heterocycles. The monoisotopic (exact) mass is 538 g/mol. The van der Waals surface area contributed by atoms with Crippen molar-refractivity contribution in [3.8, 4) is 17.2 Å². The highest BCUT2D eigenvalue weighted by Crippen LogP contribution is 2.45. The van der Waals surface area contributed by atoms with Gasteiger partial charge in [0.2, 0.25) is 0 Å². The lowest BCUT2D eigenvalue weighted by Crippen LogP contribution is -2.29. The molecule has 1 N–H and O–H groups in total. The van der Waals surface area contributed by atoms with Crippen LogP contribution >= 0.6 is 12.4 Å². The number of hydrogen-bond acceptors (Lipinski definition) is 7. The number of rotatable bonds is 8. The van der Waals surface area contributed by atoms with E-state index in [2.05, 4.69) is 4.98 Å². The van der Waals surface area contributed by atoms with Crippen molar-refractivity contribution in [3.63, 3.8) is 0 Å². The Morgan fingerprint density at radius 3 is 2.39 bits per heavy atom. The summed E-state index contributed by atoms with van der Waals surface area (Å²) >= 11 is 0. The van der Waals surface area contributed by atoms with Crippen LogP contribution in [0.1, 0.15) is 42.1 Å². The maximum absolute atomic E-state index is 13.5. The number of likely N-dealkylation sites (tertiary alicyclic amines) is 1. The topological polar surface area (TPSA) is 98.2 Å². The average Bonchev–Trinajstić information content (AvgIpc) is 3.13. The second kappa shape index (κ2) is 12.0. The number of amides is 1. The Morgan fingerprint density at radius 1 is 1.05 bits per heavy atom. The molecule has 0 radical (unpaired) electrons. The summed E-state index contributed by atoms with van der Waals surface area (Å²) in [7, 11) is 3.04. The summed E-state index contributed by atoms with van der Waals surface area (Å²) in [5.41, 5.74) is 2.36. The lowest BCUT2D eigenvalue weighted by molar-refractivity contribution is -0.140. The first-order valence-corrected chi connectivity index (χ1v) is 11.9. The first kappa shape index (κ1) is 28.5. The van der Waals surface area contributed by atoms with Gasteiger partial charge in [0.25, 0.3) is 11.7 Å². The van der Waals surface area contributed by atoms with Crippen molar-refractivity contribution in [3.05, 3.63) is 88.8 Å². The minimum atomic E-state index is -0.920. The fourth-order valence-electron chi connectivity index (χ4n) is 4.50. The normalized spacial score (nSPS) is 16.4. The highest BCUT2D eigenvalue weighted by atomic mass is 35.5. The molecular weight excluding hydrogens is 508 g/mol. The SMILES string of the molecule is COc1ccc(OC)c(C2C(=C(O)c3ccc(OC(C)C)cc3C)C(=O)C(=O)N2Cc2cccnc2)c1.Cl. The highest BCUT2D eigenvalue weighted by molar-refractivity contribution is 6.46. The van der Waals surface area contributed by atoms with Crippen molar-refractivity contribution < 1.29 is 28.9 Å². The fourth-order valence-corrected chi connectivity index (χ4v) is 4.50. The summed E-state index contributed by atoms with van der Waals surface area (Å²) in [6.45, 7) is 5.78. The maximum Gasteiger partial charge on any atom is 0.295 e. The number of ether oxygens (including phenoxy) is 3. The predicted octanol–water partition coefficient (Wildman–Crippen LogP) is 5.24. The van der Waals surface area contributed by atoms with Gasteiger partial charge in [-0.2, -0.15) is 0 Å². The zero-order chi connectivity index (χ0) is 26.7. The molecule has 9 heteroatoms. The Kier molecular flexibility index (Phi) is 9.01. The number of pyridine rings is 1. The van der Waals surface area contributed by atoms with Crippen LogP contribution in [0.5, 0.6) is 17.2 Å². The molecule has 0 saturated carbocycles. The van der Waals surface area contributed by atoms with E-state index in [0.717, 1.165) is 5.56 Å². The van der Waals surface area contributed by atoms with Gasteiger partial charge in [-0.3, -0.25) is 14.6 Å². The fraction of sp³-hybridized carbons (Fsp3) is 0.276. The van der Waals surface area contributed by atoms with Crippen LogP contribution in [0.4, 0.5) is 0 Å². The van der Waals surface area contributed by atoms with E-state index in [-0.39, 0.29) is 36.4 Å². The van der Waals surface area contributed by atoms with Crippen LogP contribution in [-0.2, 0) is 16.1 Å². The van der Waals surface area contributed by atoms with Crippen molar-refractivity contribution in [1.82, 2.24) is 9.88 Å². The Hall–Kier alpha value is -4.04. The molecule has 1 atom stereocenters. The van der Waals surface area contributed by atoms with E-state index in [0.29, 0.717) is 33.9 Å². The van der Waals surface area contributed by atoms with Crippen LogP contribution < -0.4 is 14.2 Å². The van der Waals surface area contributed by atoms with Gasteiger partial charge >= 0.3 is 0 Å². The number of hydrogen-bond donors (Lipinski definition) is 1. The summed E-state index contributed by atoms with van der Waals surface area (Å²) < 4.78 is 16.8. The Bertz CT molecular complexity index is 1360. The number of aliphatic hydroxyl groups is 1. The number of benzene rings is 2. The van der Waals surface area contributed by atoms with Gasteiger partial charge in [0.05, 0.1) is 31.9 Å². The third-order valence-electron chi connectivity index (χ3n) is 6.17. The Balaban J connectivity index is 0.00000400. The lowest BCUT2D eigenvalue weighted by atomic mass is 9.93. The second-order valence-electron chi connectivity index (χ2n) is 9.04. The van der Waals surface area contributed by atoms with E-state index in [1.165, 1.54) is 19.1 Å². The number of methoxy groups -OCH3 is 2. The Labute approximate surface area is 228 Å². The van der Waals surface area contributed by atoms with Crippen LogP contribution in [0, 0.1) is 6.92 Å². The number of ketones is 1. The standard InChI is InChI=1S/C29H30N2O6.ClH/c1-17(2)37-21-8-10-22(18(3)13-21)27(32)25-26(23-14-20(35-4)9-11-24(23)36-5)31(29(34)28(25)33)16-19-7-6-12-30-15-19;/h6-15,17,26,32H,16H2,1-5H3;1H. The maximum atomic E-state index is 13.5. The molecule has 1 saturated heterocycles. The first-order valence-electron chi connectivity index (χ1n) is 11.9. The molecule has 0 aliphatic carbocycles. The number of Topliss-reactive ketones (excluding diaryl/α,β-unsaturated/α-hetero) is 1. The van der Waals surface area contributed by atoms with Crippen molar-refractivity contribution >= 4 is 29.9 Å². The molecule has 0 bridgehead atoms. The van der Waals surface area contributed by atoms with E-state index in [9.17, 15) is 14.7 Å². The molecule has 1 unspecified atom stereocenters. The molecule has 1 aliphatic heterocycles. The first-order chi connectivity index (χ1) is 17.7. The number of aromatic nitrogens is 1. The minimum absolute atomic E-state index is 0. The van der Waals surface area contributed by atoms with E-state index in [1.54, 1.807) is 54.9 Å². The third kappa shape index (κ3) is 5.60. The van der Waals surface area contributed by atoms with E-state index >= 15 is 0 Å². The summed E-state index contributed by atoms with van der Waals surface area (Å²) in [6.07, 6.45) is 3.25. The number of halogens is 1. The molecular formula is C29H31ClN2O6. The van der Waals surface area contributed by atoms with Crippen LogP contribution in [0.2, 0.25) is 0 Å². The van der Waals surface area contributed by atoms with Gasteiger partial charge in [0.15, 0.2) is 0 Å². The van der Waals surface area contributed by atoms with E-state index < -0.39 is 17.7 Å². The summed E-state index contributed by atoms with van der Waals surface area (Å²) in [4.78, 5) is 32.4. The molecule has 1 aliphatic rings. The van der Waals surface area contributed by atoms with Crippen molar-refractivity contribution in [2.45, 2.75) is 39.5 Å². The zero-order valence-corrected chi connectivity index (χ0v) is 22.7. The molecule has 1 amide bonds. The van der Waals surface area contributed by atoms with Crippen LogP contribution in [0.25, 0.3) is 5.76 Å². The van der Waals surface area contributed by atoms with Gasteiger partial charge < -0.3 is 24.2 Å². The van der Waals surface area contributed by atoms with Crippen LogP contribution in [0.3, 0.4) is 0 Å². The lowest BCUT2D eigenvalue weighted by Gasteiger charge is -2.27. The van der Waals surface area contributed by atoms with E-state index in [1.807, 2.05) is 26.8 Å². The summed E-state index contributed by atoms with van der Waals surface area (Å²) in [6, 6.07) is 13.0. The number of aryl methyl sites for hydroxylation is 1. The molecule has 38 heavy (non-hydrogen) atoms. The molecule has 8 nitrogen and oxygen atoms in total. The van der Waals surface area contributed by atoms with Gasteiger partial charge in [-0.05, 0) is 74.4 Å². The number of nitrogens with zero attached hydrogens (tertiary/aromatic N) is 2. The van der Waals surface area contributed by atoms with Crippen LogP contribution in [-0.4, -0.2) is 47.0 Å². The van der Waals surface area contributed by atoms with Crippen molar-refractivity contribution in [2.75, 3.05) is 14.2 Å². The third-order valence-corrected chi connectivity index (χ3v) is 6.17. The predicted molar refractivity (Wildman–Crippen MR) is 146 cm³/mol. The summed E-state index contributed by atoms with van der Waals surface area (Å²) in [5.74, 6) is -0.153. The highest BCUT2D eigenvalue weighted by Gasteiger charge is 2.47. The molecule has 0 spiro atoms. The van der Waals surface area contributed by atoms with Gasteiger partial charge in [-0.25, -0.2) is 0 Å². The van der Waals surface area contributed by atoms with Crippen LogP contribution in [0.15, 0.2) is 66.5 Å². The number of aliphatic hydroxyl groups excluding tert-OH is 1. The molecule has 4 rings (SSSR count). The largest absolute Gasteiger partial charge is 0.507 e. The smallest absolute Gasteiger partial charge is 0.295 e. The van der Waals surface area contributed by atoms with Crippen molar-refractivity contribution in [1.29, 1.82) is 0 Å². The molecule has 2 aromatic carbocycles. The number of carbonyl (C=O) groups excluding carboxylic acids is 2. The Morgan fingerprint density at radius 2 is 1.79 bits per heavy atom. The second-order valence-corrected chi connectivity index (χ2v) is 9.04. The molecule has 200 valence electrons. The average molecular weight is 539 g/mol. The molecule has 3 aromatic rings. The van der Waals surface area contributed by atoms with Crippen molar-refractivity contribution in [2.24, 2.45) is 0 Å². The van der Waals surface area contributed by atoms with Gasteiger partial charge in [0.1, 0.15) is 23.0 Å².